The number of hydrogen-bond donors (Lipinski definition) is 3. The highest BCUT2D eigenvalue weighted by atomic mass is 127. The Bertz CT molecular complexity index is 2710. The molecule has 0 atom stereocenters. The molecule has 9 rings (SSSR count). The second kappa shape index (κ2) is 42.0. The molecule has 3 fully saturated rings. The Morgan fingerprint density at radius 3 is 1.16 bits per heavy atom. The molecule has 0 spiro atoms. The number of pyridine rings is 3. The van der Waals surface area contributed by atoms with Crippen molar-refractivity contribution in [2.24, 2.45) is 0 Å². The normalized spacial score (nSPS) is 12.7. The molecule has 436 valence electrons. The predicted molar refractivity (Wildman–Crippen MR) is 351 cm³/mol. The molecule has 15 heteroatoms. The van der Waals surface area contributed by atoms with E-state index in [1.165, 1.54) is 23.6 Å². The van der Waals surface area contributed by atoms with Crippen LogP contribution in [0.1, 0.15) is 179 Å². The molecule has 3 aromatic carbocycles. The van der Waals surface area contributed by atoms with Crippen molar-refractivity contribution in [3.8, 4) is 0 Å². The van der Waals surface area contributed by atoms with Gasteiger partial charge in [0.05, 0.1) is 43.9 Å². The Hall–Kier alpha value is -5.95. The molecular weight excluding hydrogens is 1220 g/mol. The average Bonchev–Trinajstić information content (AvgIpc) is 4.23. The van der Waals surface area contributed by atoms with E-state index in [0.29, 0.717) is 56.4 Å². The van der Waals surface area contributed by atoms with Crippen molar-refractivity contribution in [2.45, 2.75) is 167 Å². The lowest BCUT2D eigenvalue weighted by molar-refractivity contribution is -0.129. The topological polar surface area (TPSA) is 181 Å². The van der Waals surface area contributed by atoms with Crippen LogP contribution in [0.4, 0.5) is 17.5 Å². The van der Waals surface area contributed by atoms with Gasteiger partial charge in [0.25, 0.3) is 0 Å². The monoisotopic (exact) mass is 1320 g/mol. The first-order chi connectivity index (χ1) is 38.9. The number of nitrogens with two attached hydrogens (primary N) is 2. The zero-order valence-corrected chi connectivity index (χ0v) is 54.6. The number of nitrogens with zero attached hydrogens (tertiary/aromatic N) is 6. The van der Waals surface area contributed by atoms with Crippen molar-refractivity contribution in [1.29, 1.82) is 0 Å². The summed E-state index contributed by atoms with van der Waals surface area (Å²) in [6.45, 7) is 29.5. The Kier molecular flexibility index (Phi) is 37.8. The van der Waals surface area contributed by atoms with Gasteiger partial charge in [0.1, 0.15) is 17.5 Å². The van der Waals surface area contributed by atoms with Crippen molar-refractivity contribution < 1.29 is 19.2 Å². The summed E-state index contributed by atoms with van der Waals surface area (Å²) in [6.07, 6.45) is 7.05. The van der Waals surface area contributed by atoms with Crippen LogP contribution in [-0.2, 0) is 58.1 Å². The number of halogens is 2. The van der Waals surface area contributed by atoms with E-state index >= 15 is 0 Å². The van der Waals surface area contributed by atoms with Gasteiger partial charge in [-0.1, -0.05) is 180 Å². The van der Waals surface area contributed by atoms with E-state index in [1.54, 1.807) is 0 Å². The summed E-state index contributed by atoms with van der Waals surface area (Å²) >= 11 is 4.40. The van der Waals surface area contributed by atoms with Crippen LogP contribution < -0.4 is 16.8 Å². The first kappa shape index (κ1) is 72.1. The maximum atomic E-state index is 12.0. The van der Waals surface area contributed by atoms with Crippen LogP contribution in [0.2, 0.25) is 0 Å². The van der Waals surface area contributed by atoms with Gasteiger partial charge in [-0.15, -0.1) is 0 Å². The van der Waals surface area contributed by atoms with Gasteiger partial charge in [-0.2, -0.15) is 0 Å². The van der Waals surface area contributed by atoms with Crippen LogP contribution in [0.3, 0.4) is 0 Å². The van der Waals surface area contributed by atoms with Crippen molar-refractivity contribution in [2.75, 3.05) is 36.4 Å². The summed E-state index contributed by atoms with van der Waals surface area (Å²) in [7, 11) is 0. The number of anilines is 3. The fourth-order valence-corrected chi connectivity index (χ4v) is 9.56. The van der Waals surface area contributed by atoms with Gasteiger partial charge in [0.15, 0.2) is 0 Å². The van der Waals surface area contributed by atoms with Crippen LogP contribution in [0, 0.1) is 7.14 Å². The second-order valence-corrected chi connectivity index (χ2v) is 19.5. The molecule has 4 amide bonds. The highest BCUT2D eigenvalue weighted by molar-refractivity contribution is 14.1. The van der Waals surface area contributed by atoms with E-state index in [2.05, 4.69) is 114 Å². The standard InChI is InChI=1S/C19H20IN3O2.C17H18IN3O.C17H19N3O.6C2H6/c1-13(24)21-19-16(20)11-15(10-14-6-3-2-4-7-14)17(22-19)12-23-9-5-8-18(23)25;18-14-10-13(9-12-5-2-1-3-6-12)15(20-17(14)19)11-21-8-4-7-16(21)22;18-16-9-8-14(11-13-5-2-1-3-6-13)15(19-16)12-20-10-4-7-17(20)21;6*1-2/h2-4,6-7,11H,5,8-10,12H2,1H3,(H,21,22,24);1-3,5-6,10H,4,7-9,11H2,(H2,19,20);1-3,5-6,8-9H,4,7,10-12H2,(H2,18,19);6*1-2H3. The third-order valence-corrected chi connectivity index (χ3v) is 13.6. The molecule has 80 heavy (non-hydrogen) atoms. The Morgan fingerprint density at radius 2 is 0.812 bits per heavy atom. The average molecular weight is 1320 g/mol. The molecule has 3 aromatic heterocycles. The van der Waals surface area contributed by atoms with Gasteiger partial charge < -0.3 is 31.5 Å². The van der Waals surface area contributed by atoms with E-state index in [0.717, 1.165) is 99.1 Å². The first-order valence-electron chi connectivity index (χ1n) is 29.0. The molecule has 13 nitrogen and oxygen atoms in total. The maximum Gasteiger partial charge on any atom is 0.222 e. The van der Waals surface area contributed by atoms with Gasteiger partial charge in [-0.05, 0) is 135 Å². The van der Waals surface area contributed by atoms with E-state index < -0.39 is 0 Å². The zero-order chi connectivity index (χ0) is 60.0. The SMILES string of the molecule is CC.CC.CC.CC.CC.CC.CC(=O)Nc1nc(CN2CCCC2=O)c(Cc2ccccc2)cc1I.Nc1ccc(Cc2ccccc2)c(CN2CCCC2=O)n1.Nc1nc(CN2CCCC2=O)c(Cc2ccccc2)cc1I. The summed E-state index contributed by atoms with van der Waals surface area (Å²) in [4.78, 5) is 66.4. The van der Waals surface area contributed by atoms with Crippen molar-refractivity contribution in [3.63, 3.8) is 0 Å². The molecule has 0 radical (unpaired) electrons. The Labute approximate surface area is 508 Å². The molecule has 6 heterocycles. The number of amides is 4. The Balaban J connectivity index is 0.000000549. The lowest BCUT2D eigenvalue weighted by Crippen LogP contribution is -2.25. The number of nitrogens with one attached hydrogen (secondary N) is 1. The molecular formula is C65H93I2N9O4. The molecule has 0 bridgehead atoms. The number of benzene rings is 3. The molecule has 3 aliphatic rings. The molecule has 6 aromatic rings. The number of aromatic nitrogens is 3. The van der Waals surface area contributed by atoms with Crippen LogP contribution in [0.5, 0.6) is 0 Å². The molecule has 0 unspecified atom stereocenters. The smallest absolute Gasteiger partial charge is 0.222 e. The highest BCUT2D eigenvalue weighted by Gasteiger charge is 2.25. The van der Waals surface area contributed by atoms with Gasteiger partial charge in [0, 0.05) is 45.8 Å². The third-order valence-electron chi connectivity index (χ3n) is 11.9. The van der Waals surface area contributed by atoms with Crippen molar-refractivity contribution in [1.82, 2.24) is 29.7 Å². The quantitative estimate of drug-likeness (QED) is 0.0948. The number of carbonyl (C=O) groups is 4. The van der Waals surface area contributed by atoms with E-state index in [4.69, 9.17) is 11.5 Å². The largest absolute Gasteiger partial charge is 0.384 e. The van der Waals surface area contributed by atoms with Crippen molar-refractivity contribution in [3.05, 3.63) is 173 Å². The molecule has 3 saturated heterocycles. The minimum atomic E-state index is -0.149. The lowest BCUT2D eigenvalue weighted by Gasteiger charge is -2.19. The fourth-order valence-electron chi connectivity index (χ4n) is 8.43. The van der Waals surface area contributed by atoms with Gasteiger partial charge in [-0.25, -0.2) is 15.0 Å². The third kappa shape index (κ3) is 24.8. The highest BCUT2D eigenvalue weighted by Crippen LogP contribution is 2.26. The minimum Gasteiger partial charge on any atom is -0.384 e. The summed E-state index contributed by atoms with van der Waals surface area (Å²) in [5.74, 6) is 2.06. The van der Waals surface area contributed by atoms with Crippen LogP contribution in [-0.4, -0.2) is 72.9 Å². The minimum absolute atomic E-state index is 0.149. The van der Waals surface area contributed by atoms with E-state index in [1.807, 2.05) is 165 Å². The van der Waals surface area contributed by atoms with Gasteiger partial charge in [0.2, 0.25) is 23.6 Å². The number of hydrogen-bond acceptors (Lipinski definition) is 9. The summed E-state index contributed by atoms with van der Waals surface area (Å²) in [5.41, 5.74) is 21.5. The van der Waals surface area contributed by atoms with Crippen molar-refractivity contribution >= 4 is 86.3 Å². The Morgan fingerprint density at radius 1 is 0.475 bits per heavy atom. The van der Waals surface area contributed by atoms with E-state index in [-0.39, 0.29) is 23.6 Å². The van der Waals surface area contributed by atoms with Gasteiger partial charge in [-0.3, -0.25) is 19.2 Å². The lowest BCUT2D eigenvalue weighted by atomic mass is 10.0. The van der Waals surface area contributed by atoms with Gasteiger partial charge >= 0.3 is 0 Å². The van der Waals surface area contributed by atoms with Crippen LogP contribution >= 0.6 is 45.2 Å². The first-order valence-corrected chi connectivity index (χ1v) is 31.1. The number of carbonyl (C=O) groups excluding carboxylic acids is 4. The van der Waals surface area contributed by atoms with E-state index in [9.17, 15) is 19.2 Å². The second-order valence-electron chi connectivity index (χ2n) is 17.2. The number of nitrogen functional groups attached to an aromatic ring is 2. The molecule has 3 aliphatic heterocycles. The summed E-state index contributed by atoms with van der Waals surface area (Å²) in [5, 5.41) is 2.78. The predicted octanol–water partition coefficient (Wildman–Crippen LogP) is 14.9. The molecule has 0 saturated carbocycles. The summed E-state index contributed by atoms with van der Waals surface area (Å²) in [6, 6.07) is 38.8. The summed E-state index contributed by atoms with van der Waals surface area (Å²) < 4.78 is 1.86. The van der Waals surface area contributed by atoms with Crippen LogP contribution in [0.25, 0.3) is 0 Å². The number of rotatable bonds is 13. The molecule has 0 aliphatic carbocycles. The zero-order valence-electron chi connectivity index (χ0n) is 50.3. The molecule has 5 N–H and O–H groups in total. The fraction of sp³-hybridized carbons (Fsp3) is 0.431. The number of likely N-dealkylation sites (tertiary alicyclic amines) is 3. The van der Waals surface area contributed by atoms with Crippen LogP contribution in [0.15, 0.2) is 115 Å². The maximum absolute atomic E-state index is 12.0.